The van der Waals surface area contributed by atoms with Crippen molar-refractivity contribution in [3.8, 4) is 11.1 Å². The standard InChI is InChI=1S/C20H12Cl2N8O6/c21-9-5-7(1-3-11(9)27-29-13-15(31)23-19(35)24-16(13)32)8-2-4-12(10(22)6-8)28-30-14-17(33)25-20(36)26-18(14)34/h1-6,13-14H,(H2,23,24,31,32,35)(H2,25,26,33,34,36). The zero-order valence-corrected chi connectivity index (χ0v) is 19.1. The molecule has 0 saturated carbocycles. The number of urea groups is 2. The number of carbonyl (C=O) groups is 6. The van der Waals surface area contributed by atoms with E-state index in [0.29, 0.717) is 11.1 Å². The summed E-state index contributed by atoms with van der Waals surface area (Å²) in [5.74, 6) is -3.65. The molecule has 4 rings (SSSR count). The molecule has 0 radical (unpaired) electrons. The van der Waals surface area contributed by atoms with Gasteiger partial charge in [-0.2, -0.15) is 20.5 Å². The monoisotopic (exact) mass is 530 g/mol. The number of hydrogen-bond donors (Lipinski definition) is 4. The normalized spacial score (nSPS) is 17.4. The Labute approximate surface area is 210 Å². The second kappa shape index (κ2) is 9.97. The van der Waals surface area contributed by atoms with E-state index in [0.717, 1.165) is 0 Å². The summed E-state index contributed by atoms with van der Waals surface area (Å²) in [5, 5.41) is 22.9. The molecule has 2 fully saturated rings. The number of nitrogens with one attached hydrogen (secondary N) is 4. The number of benzene rings is 2. The lowest BCUT2D eigenvalue weighted by Crippen LogP contribution is -2.57. The van der Waals surface area contributed by atoms with Crippen LogP contribution in [0.4, 0.5) is 21.0 Å². The minimum Gasteiger partial charge on any atom is -0.275 e. The maximum absolute atomic E-state index is 11.7. The van der Waals surface area contributed by atoms with Gasteiger partial charge in [-0.1, -0.05) is 35.3 Å². The molecule has 8 amide bonds. The first-order valence-corrected chi connectivity index (χ1v) is 10.6. The zero-order chi connectivity index (χ0) is 26.0. The van der Waals surface area contributed by atoms with Crippen molar-refractivity contribution < 1.29 is 28.8 Å². The predicted octanol–water partition coefficient (Wildman–Crippen LogP) is 2.30. The van der Waals surface area contributed by atoms with Crippen LogP contribution in [0, 0.1) is 0 Å². The number of hydrogen-bond acceptors (Lipinski definition) is 10. The highest BCUT2D eigenvalue weighted by Gasteiger charge is 2.35. The van der Waals surface area contributed by atoms with E-state index in [1.54, 1.807) is 24.3 Å². The summed E-state index contributed by atoms with van der Waals surface area (Å²) in [6.45, 7) is 0. The molecular formula is C20H12Cl2N8O6. The van der Waals surface area contributed by atoms with Crippen molar-refractivity contribution in [3.63, 3.8) is 0 Å². The van der Waals surface area contributed by atoms with Gasteiger partial charge in [-0.05, 0) is 35.4 Å². The number of carbonyl (C=O) groups excluding carboxylic acids is 6. The third-order valence-electron chi connectivity index (χ3n) is 4.73. The maximum atomic E-state index is 11.7. The Hall–Kier alpha value is -4.56. The molecule has 2 aromatic rings. The van der Waals surface area contributed by atoms with Gasteiger partial charge in [0.15, 0.2) is 0 Å². The molecular weight excluding hydrogens is 519 g/mol. The zero-order valence-electron chi connectivity index (χ0n) is 17.6. The molecule has 2 aliphatic heterocycles. The third kappa shape index (κ3) is 5.24. The molecule has 2 aromatic carbocycles. The van der Waals surface area contributed by atoms with E-state index in [2.05, 4.69) is 20.5 Å². The van der Waals surface area contributed by atoms with Crippen LogP contribution in [0.2, 0.25) is 10.0 Å². The van der Waals surface area contributed by atoms with Gasteiger partial charge >= 0.3 is 12.1 Å². The van der Waals surface area contributed by atoms with E-state index < -0.39 is 47.8 Å². The first-order chi connectivity index (χ1) is 17.1. The average molecular weight is 531 g/mol. The highest BCUT2D eigenvalue weighted by molar-refractivity contribution is 6.34. The van der Waals surface area contributed by atoms with Gasteiger partial charge in [-0.3, -0.25) is 40.4 Å². The van der Waals surface area contributed by atoms with E-state index in [1.165, 1.54) is 12.1 Å². The van der Waals surface area contributed by atoms with E-state index in [-0.39, 0.29) is 21.4 Å². The average Bonchev–Trinajstić information content (AvgIpc) is 2.79. The van der Waals surface area contributed by atoms with Crippen LogP contribution in [0.25, 0.3) is 11.1 Å². The maximum Gasteiger partial charge on any atom is 0.328 e. The molecule has 0 atom stereocenters. The largest absolute Gasteiger partial charge is 0.328 e. The van der Waals surface area contributed by atoms with E-state index in [1.807, 2.05) is 21.3 Å². The van der Waals surface area contributed by atoms with Crippen molar-refractivity contribution in [2.24, 2.45) is 20.5 Å². The molecule has 0 bridgehead atoms. The first-order valence-electron chi connectivity index (χ1n) is 9.85. The van der Waals surface area contributed by atoms with Gasteiger partial charge in [-0.25, -0.2) is 9.59 Å². The molecule has 0 aliphatic carbocycles. The van der Waals surface area contributed by atoms with Gasteiger partial charge in [-0.15, -0.1) is 0 Å². The molecule has 2 heterocycles. The van der Waals surface area contributed by atoms with Gasteiger partial charge in [0.1, 0.15) is 11.4 Å². The summed E-state index contributed by atoms with van der Waals surface area (Å²) in [4.78, 5) is 69.2. The second-order valence-electron chi connectivity index (χ2n) is 7.18. The van der Waals surface area contributed by atoms with Crippen LogP contribution in [-0.2, 0) is 19.2 Å². The summed E-state index contributed by atoms with van der Waals surface area (Å²) in [6.07, 6.45) is 0. The Kier molecular flexibility index (Phi) is 6.80. The predicted molar refractivity (Wildman–Crippen MR) is 122 cm³/mol. The van der Waals surface area contributed by atoms with E-state index >= 15 is 0 Å². The fraction of sp³-hybridized carbons (Fsp3) is 0.100. The van der Waals surface area contributed by atoms with E-state index in [4.69, 9.17) is 23.2 Å². The van der Waals surface area contributed by atoms with Crippen LogP contribution in [0.1, 0.15) is 0 Å². The molecule has 14 nitrogen and oxygen atoms in total. The fourth-order valence-electron chi connectivity index (χ4n) is 3.01. The SMILES string of the molecule is O=C1NC(=O)C(N=Nc2ccc(-c3ccc(N=NC4C(=O)NC(=O)NC4=O)c(Cl)c3)cc2Cl)C(=O)N1. The lowest BCUT2D eigenvalue weighted by Gasteiger charge is -2.16. The summed E-state index contributed by atoms with van der Waals surface area (Å²) < 4.78 is 0. The number of barbiturate groups is 2. The molecule has 4 N–H and O–H groups in total. The van der Waals surface area contributed by atoms with Gasteiger partial charge in [0.2, 0.25) is 12.1 Å². The summed E-state index contributed by atoms with van der Waals surface area (Å²) in [6, 6.07) is 4.38. The van der Waals surface area contributed by atoms with Gasteiger partial charge < -0.3 is 0 Å². The Morgan fingerprint density at radius 1 is 0.556 bits per heavy atom. The van der Waals surface area contributed by atoms with Crippen molar-refractivity contribution in [2.75, 3.05) is 0 Å². The minimum atomic E-state index is -1.54. The van der Waals surface area contributed by atoms with Crippen molar-refractivity contribution >= 4 is 70.3 Å². The van der Waals surface area contributed by atoms with Crippen LogP contribution >= 0.6 is 23.2 Å². The molecule has 0 spiro atoms. The van der Waals surface area contributed by atoms with Crippen LogP contribution in [0.5, 0.6) is 0 Å². The molecule has 0 aromatic heterocycles. The summed E-state index contributed by atoms with van der Waals surface area (Å²) in [5.41, 5.74) is 1.56. The molecule has 0 unspecified atom stereocenters. The quantitative estimate of drug-likeness (QED) is 0.337. The highest BCUT2D eigenvalue weighted by atomic mass is 35.5. The van der Waals surface area contributed by atoms with Crippen LogP contribution < -0.4 is 21.3 Å². The Bertz CT molecular complexity index is 1260. The van der Waals surface area contributed by atoms with Crippen molar-refractivity contribution in [1.82, 2.24) is 21.3 Å². The van der Waals surface area contributed by atoms with E-state index in [9.17, 15) is 28.8 Å². The summed E-state index contributed by atoms with van der Waals surface area (Å²) in [7, 11) is 0. The first kappa shape index (κ1) is 24.6. The lowest BCUT2D eigenvalue weighted by atomic mass is 10.1. The van der Waals surface area contributed by atoms with Crippen molar-refractivity contribution in [2.45, 2.75) is 12.1 Å². The second-order valence-corrected chi connectivity index (χ2v) is 8.00. The topological polar surface area (TPSA) is 200 Å². The Morgan fingerprint density at radius 3 is 1.19 bits per heavy atom. The lowest BCUT2D eigenvalue weighted by molar-refractivity contribution is -0.133. The molecule has 182 valence electrons. The number of rotatable bonds is 5. The smallest absolute Gasteiger partial charge is 0.275 e. The van der Waals surface area contributed by atoms with Gasteiger partial charge in [0, 0.05) is 0 Å². The Balaban J connectivity index is 1.49. The Morgan fingerprint density at radius 2 is 0.889 bits per heavy atom. The number of halogens is 2. The molecule has 2 aliphatic rings. The van der Waals surface area contributed by atoms with Gasteiger partial charge in [0.25, 0.3) is 23.6 Å². The summed E-state index contributed by atoms with van der Waals surface area (Å²) >= 11 is 12.5. The minimum absolute atomic E-state index is 0.146. The number of imide groups is 4. The molecule has 16 heteroatoms. The van der Waals surface area contributed by atoms with Crippen molar-refractivity contribution in [1.29, 1.82) is 0 Å². The van der Waals surface area contributed by atoms with Crippen molar-refractivity contribution in [3.05, 3.63) is 46.4 Å². The van der Waals surface area contributed by atoms with Crippen LogP contribution in [0.3, 0.4) is 0 Å². The fourth-order valence-corrected chi connectivity index (χ4v) is 3.44. The number of amides is 8. The number of nitrogens with zero attached hydrogens (tertiary/aromatic N) is 4. The third-order valence-corrected chi connectivity index (χ3v) is 5.34. The van der Waals surface area contributed by atoms with Crippen LogP contribution in [-0.4, -0.2) is 47.8 Å². The molecule has 2 saturated heterocycles. The molecule has 36 heavy (non-hydrogen) atoms. The number of azo groups is 2. The van der Waals surface area contributed by atoms with Gasteiger partial charge in [0.05, 0.1) is 10.0 Å². The highest BCUT2D eigenvalue weighted by Crippen LogP contribution is 2.35. The van der Waals surface area contributed by atoms with Crippen LogP contribution in [0.15, 0.2) is 56.9 Å².